The Morgan fingerprint density at radius 1 is 0.957 bits per heavy atom. The maximum absolute atomic E-state index is 14.1. The second-order valence-electron chi connectivity index (χ2n) is 11.9. The number of fused-ring (bicyclic) bond motifs is 4. The molecule has 1 N–H and O–H groups in total. The monoisotopic (exact) mass is 651 g/mol. The van der Waals surface area contributed by atoms with Crippen LogP contribution in [-0.2, 0) is 19.4 Å². The Morgan fingerprint density at radius 3 is 2.57 bits per heavy atom. The fraction of sp³-hybridized carbons (Fsp3) is 0.222. The molecule has 0 saturated carbocycles. The lowest BCUT2D eigenvalue weighted by Gasteiger charge is -2.16. The number of rotatable bonds is 8. The van der Waals surface area contributed by atoms with Crippen molar-refractivity contribution in [2.45, 2.75) is 45.2 Å². The van der Waals surface area contributed by atoms with E-state index in [0.717, 1.165) is 56.4 Å². The van der Waals surface area contributed by atoms with Crippen LogP contribution in [0, 0.1) is 24.4 Å². The highest BCUT2D eigenvalue weighted by Crippen LogP contribution is 2.50. The fourth-order valence-electron chi connectivity index (χ4n) is 6.64. The summed E-state index contributed by atoms with van der Waals surface area (Å²) < 4.78 is 48.0. The first kappa shape index (κ1) is 29.4. The zero-order valence-electron chi connectivity index (χ0n) is 25.3. The van der Waals surface area contributed by atoms with Crippen molar-refractivity contribution in [3.63, 3.8) is 0 Å². The topological polar surface area (TPSA) is 84.2 Å². The molecule has 8 rings (SSSR count). The van der Waals surface area contributed by atoms with E-state index in [1.807, 2.05) is 24.0 Å². The van der Waals surface area contributed by atoms with Crippen molar-refractivity contribution in [1.29, 1.82) is 0 Å². The van der Waals surface area contributed by atoms with Gasteiger partial charge in [-0.25, -0.2) is 23.1 Å². The van der Waals surface area contributed by atoms with Crippen LogP contribution in [0.3, 0.4) is 0 Å². The number of amides is 1. The number of hydrogen-bond donors (Lipinski definition) is 1. The SMILES string of the molecule is Cc1cnc(-c2c(CCc3ccc(F)cc3)nc3c(c2-c2cc4ccnc(NCc5ccc(F)c(F)c5)c4s2)C(=O)N2CCCC32)o1. The van der Waals surface area contributed by atoms with Gasteiger partial charge in [0.05, 0.1) is 39.5 Å². The largest absolute Gasteiger partial charge is 0.441 e. The maximum atomic E-state index is 14.1. The first-order valence-corrected chi connectivity index (χ1v) is 16.3. The summed E-state index contributed by atoms with van der Waals surface area (Å²) in [6, 6.07) is 14.1. The first-order chi connectivity index (χ1) is 22.8. The van der Waals surface area contributed by atoms with Crippen molar-refractivity contribution in [2.75, 3.05) is 11.9 Å². The molecule has 1 fully saturated rings. The van der Waals surface area contributed by atoms with Crippen molar-refractivity contribution in [1.82, 2.24) is 19.9 Å². The number of aryl methyl sites for hydroxylation is 3. The van der Waals surface area contributed by atoms with Gasteiger partial charge < -0.3 is 14.6 Å². The van der Waals surface area contributed by atoms with E-state index in [2.05, 4.69) is 15.3 Å². The molecule has 0 bridgehead atoms. The molecule has 2 aliphatic rings. The molecule has 1 amide bonds. The van der Waals surface area contributed by atoms with Gasteiger partial charge in [-0.15, -0.1) is 11.3 Å². The van der Waals surface area contributed by atoms with E-state index >= 15 is 0 Å². The highest BCUT2D eigenvalue weighted by atomic mass is 32.1. The van der Waals surface area contributed by atoms with Crippen molar-refractivity contribution >= 4 is 33.1 Å². The molecule has 0 radical (unpaired) electrons. The molecule has 4 aromatic heterocycles. The predicted octanol–water partition coefficient (Wildman–Crippen LogP) is 8.43. The standard InChI is InChI=1S/C36H28F3N5O2S/c1-19-17-42-35(46-19)29-26(11-7-20-4-8-23(37)9-5-20)43-32-27-3-2-14-44(27)36(45)31(32)30(29)28-16-22-12-13-40-34(33(22)47-28)41-18-21-6-10-24(38)25(39)15-21/h4-6,8-10,12-13,15-17,27H,2-3,7,11,14,18H2,1H3,(H,40,41). The van der Waals surface area contributed by atoms with Crippen LogP contribution in [0.2, 0.25) is 0 Å². The van der Waals surface area contributed by atoms with Gasteiger partial charge in [0, 0.05) is 29.7 Å². The van der Waals surface area contributed by atoms with Gasteiger partial charge in [0.1, 0.15) is 17.4 Å². The number of thiophene rings is 1. The molecule has 2 aliphatic heterocycles. The van der Waals surface area contributed by atoms with Crippen LogP contribution >= 0.6 is 11.3 Å². The number of benzene rings is 2. The van der Waals surface area contributed by atoms with Crippen molar-refractivity contribution in [3.8, 4) is 21.9 Å². The number of nitrogens with zero attached hydrogens (tertiary/aromatic N) is 4. The summed E-state index contributed by atoms with van der Waals surface area (Å²) in [5, 5.41) is 4.19. The highest BCUT2D eigenvalue weighted by molar-refractivity contribution is 7.23. The van der Waals surface area contributed by atoms with Crippen LogP contribution in [0.5, 0.6) is 0 Å². The van der Waals surface area contributed by atoms with Crippen LogP contribution in [0.1, 0.15) is 57.5 Å². The molecule has 1 saturated heterocycles. The Balaban J connectivity index is 1.28. The fourth-order valence-corrected chi connectivity index (χ4v) is 7.82. The normalized spacial score (nSPS) is 15.4. The molecule has 1 atom stereocenters. The second kappa shape index (κ2) is 11.6. The molecule has 2 aromatic carbocycles. The molecule has 0 spiro atoms. The molecule has 0 aliphatic carbocycles. The number of aromatic nitrogens is 3. The molecule has 47 heavy (non-hydrogen) atoms. The summed E-state index contributed by atoms with van der Waals surface area (Å²) in [5.41, 5.74) is 5.05. The predicted molar refractivity (Wildman–Crippen MR) is 174 cm³/mol. The number of hydrogen-bond acceptors (Lipinski definition) is 7. The van der Waals surface area contributed by atoms with Gasteiger partial charge in [-0.3, -0.25) is 9.78 Å². The molecule has 11 heteroatoms. The summed E-state index contributed by atoms with van der Waals surface area (Å²) in [4.78, 5) is 31.2. The summed E-state index contributed by atoms with van der Waals surface area (Å²) in [5.74, 6) is -0.541. The van der Waals surface area contributed by atoms with Crippen LogP contribution < -0.4 is 5.32 Å². The average molecular weight is 652 g/mol. The van der Waals surface area contributed by atoms with Gasteiger partial charge >= 0.3 is 0 Å². The van der Waals surface area contributed by atoms with Crippen LogP contribution in [0.15, 0.2) is 71.4 Å². The lowest BCUT2D eigenvalue weighted by molar-refractivity contribution is 0.0776. The molecule has 7 nitrogen and oxygen atoms in total. The minimum Gasteiger partial charge on any atom is -0.441 e. The van der Waals surface area contributed by atoms with Gasteiger partial charge in [-0.1, -0.05) is 18.2 Å². The number of halogens is 3. The third-order valence-corrected chi connectivity index (χ3v) is 10.0. The maximum Gasteiger partial charge on any atom is 0.257 e. The molecular weight excluding hydrogens is 623 g/mol. The van der Waals surface area contributed by atoms with E-state index < -0.39 is 11.6 Å². The Kier molecular flexibility index (Phi) is 7.28. The summed E-state index contributed by atoms with van der Waals surface area (Å²) in [7, 11) is 0. The number of carbonyl (C=O) groups excluding carboxylic acids is 1. The van der Waals surface area contributed by atoms with Gasteiger partial charge in [-0.2, -0.15) is 0 Å². The number of pyridine rings is 2. The lowest BCUT2D eigenvalue weighted by atomic mass is 9.93. The number of carbonyl (C=O) groups is 1. The second-order valence-corrected chi connectivity index (χ2v) is 13.0. The third-order valence-electron chi connectivity index (χ3n) is 8.87. The van der Waals surface area contributed by atoms with E-state index in [4.69, 9.17) is 9.40 Å². The van der Waals surface area contributed by atoms with Crippen LogP contribution in [-0.4, -0.2) is 32.3 Å². The minimum absolute atomic E-state index is 0.0492. The number of nitrogens with one attached hydrogen (secondary N) is 1. The highest BCUT2D eigenvalue weighted by Gasteiger charge is 2.44. The molecule has 1 unspecified atom stereocenters. The van der Waals surface area contributed by atoms with E-state index in [1.54, 1.807) is 24.5 Å². The zero-order chi connectivity index (χ0) is 32.2. The van der Waals surface area contributed by atoms with Gasteiger partial charge in [0.2, 0.25) is 5.89 Å². The average Bonchev–Trinajstić information content (AvgIpc) is 3.87. The van der Waals surface area contributed by atoms with E-state index in [-0.39, 0.29) is 24.3 Å². The number of oxazole rings is 1. The van der Waals surface area contributed by atoms with Crippen molar-refractivity contribution < 1.29 is 22.4 Å². The van der Waals surface area contributed by atoms with Gasteiger partial charge in [-0.05, 0) is 85.5 Å². The first-order valence-electron chi connectivity index (χ1n) is 15.5. The van der Waals surface area contributed by atoms with Gasteiger partial charge in [0.15, 0.2) is 11.6 Å². The van der Waals surface area contributed by atoms with Crippen LogP contribution in [0.25, 0.3) is 32.0 Å². The lowest BCUT2D eigenvalue weighted by Crippen LogP contribution is -2.22. The summed E-state index contributed by atoms with van der Waals surface area (Å²) >= 11 is 1.49. The third kappa shape index (κ3) is 5.24. The van der Waals surface area contributed by atoms with Gasteiger partial charge in [0.25, 0.3) is 5.91 Å². The smallest absolute Gasteiger partial charge is 0.257 e. The molecule has 6 heterocycles. The summed E-state index contributed by atoms with van der Waals surface area (Å²) in [6.45, 7) is 2.74. The Morgan fingerprint density at radius 2 is 1.79 bits per heavy atom. The van der Waals surface area contributed by atoms with Crippen molar-refractivity contribution in [3.05, 3.63) is 118 Å². The quantitative estimate of drug-likeness (QED) is 0.178. The zero-order valence-corrected chi connectivity index (χ0v) is 26.1. The Labute approximate surface area is 272 Å². The minimum atomic E-state index is -0.907. The van der Waals surface area contributed by atoms with E-state index in [9.17, 15) is 18.0 Å². The van der Waals surface area contributed by atoms with Crippen LogP contribution in [0.4, 0.5) is 19.0 Å². The molecule has 6 aromatic rings. The van der Waals surface area contributed by atoms with E-state index in [0.29, 0.717) is 53.5 Å². The number of anilines is 1. The molecule has 236 valence electrons. The van der Waals surface area contributed by atoms with Crippen molar-refractivity contribution in [2.24, 2.45) is 0 Å². The summed E-state index contributed by atoms with van der Waals surface area (Å²) in [6.07, 6.45) is 6.24. The Bertz CT molecular complexity index is 2180. The van der Waals surface area contributed by atoms with E-state index in [1.165, 1.54) is 35.6 Å². The molecular formula is C36H28F3N5O2S. The Hall–Kier alpha value is -5.03.